The number of nitrogens with zero attached hydrogens (tertiary/aromatic N) is 3. The lowest BCUT2D eigenvalue weighted by molar-refractivity contribution is 0.109. The molecule has 112 valence electrons. The van der Waals surface area contributed by atoms with Crippen molar-refractivity contribution in [1.29, 1.82) is 0 Å². The van der Waals surface area contributed by atoms with Crippen LogP contribution in [0.5, 0.6) is 0 Å². The number of nitrogens with two attached hydrogens (primary N) is 1. The summed E-state index contributed by atoms with van der Waals surface area (Å²) in [6.07, 6.45) is 2.20. The van der Waals surface area contributed by atoms with Gasteiger partial charge in [0.2, 0.25) is 0 Å². The summed E-state index contributed by atoms with van der Waals surface area (Å²) >= 11 is 6.94. The van der Waals surface area contributed by atoms with E-state index < -0.39 is 0 Å². The van der Waals surface area contributed by atoms with Crippen LogP contribution in [-0.2, 0) is 6.54 Å². The molecule has 2 N–H and O–H groups in total. The van der Waals surface area contributed by atoms with E-state index in [4.69, 9.17) is 18.0 Å². The monoisotopic (exact) mass is 312 g/mol. The van der Waals surface area contributed by atoms with Crippen molar-refractivity contribution in [2.24, 2.45) is 5.73 Å². The van der Waals surface area contributed by atoms with Gasteiger partial charge < -0.3 is 5.73 Å². The minimum absolute atomic E-state index is 0.277. The Morgan fingerprint density at radius 3 is 2.65 bits per heavy atom. The van der Waals surface area contributed by atoms with Gasteiger partial charge >= 0.3 is 0 Å². The fourth-order valence-corrected chi connectivity index (χ4v) is 3.59. The summed E-state index contributed by atoms with van der Waals surface area (Å²) in [5, 5.41) is 3.31. The zero-order valence-electron chi connectivity index (χ0n) is 12.3. The Labute approximate surface area is 131 Å². The zero-order valence-corrected chi connectivity index (χ0v) is 14.0. The van der Waals surface area contributed by atoms with Gasteiger partial charge in [-0.1, -0.05) is 25.6 Å². The van der Waals surface area contributed by atoms with E-state index in [-0.39, 0.29) is 6.04 Å². The van der Waals surface area contributed by atoms with E-state index in [9.17, 15) is 0 Å². The van der Waals surface area contributed by atoms with Crippen LogP contribution in [0.15, 0.2) is 5.38 Å². The lowest BCUT2D eigenvalue weighted by atomic mass is 10.1. The maximum Gasteiger partial charge on any atom is 0.0902 e. The van der Waals surface area contributed by atoms with Gasteiger partial charge in [0.15, 0.2) is 0 Å². The fourth-order valence-electron chi connectivity index (χ4n) is 2.72. The minimum atomic E-state index is 0.277. The van der Waals surface area contributed by atoms with Crippen molar-refractivity contribution in [2.75, 3.05) is 26.2 Å². The molecule has 6 heteroatoms. The maximum atomic E-state index is 5.88. The molecule has 0 saturated carbocycles. The average Bonchev–Trinajstić information content (AvgIpc) is 2.82. The van der Waals surface area contributed by atoms with E-state index in [0.717, 1.165) is 50.6 Å². The molecule has 1 unspecified atom stereocenters. The van der Waals surface area contributed by atoms with Crippen molar-refractivity contribution in [3.63, 3.8) is 0 Å². The predicted octanol–water partition coefficient (Wildman–Crippen LogP) is 2.02. The van der Waals surface area contributed by atoms with Gasteiger partial charge in [-0.2, -0.15) is 0 Å². The summed E-state index contributed by atoms with van der Waals surface area (Å²) in [5.74, 6) is 0. The van der Waals surface area contributed by atoms with Crippen LogP contribution in [0.4, 0.5) is 0 Å². The lowest BCUT2D eigenvalue weighted by Crippen LogP contribution is -2.53. The maximum absolute atomic E-state index is 5.88. The molecule has 1 atom stereocenters. The van der Waals surface area contributed by atoms with E-state index in [1.807, 2.05) is 0 Å². The van der Waals surface area contributed by atoms with Crippen LogP contribution in [0.25, 0.3) is 0 Å². The van der Waals surface area contributed by atoms with Crippen LogP contribution >= 0.6 is 23.6 Å². The summed E-state index contributed by atoms with van der Waals surface area (Å²) in [6.45, 7) is 9.44. The molecule has 1 aromatic rings. The topological polar surface area (TPSA) is 45.4 Å². The second-order valence-corrected chi connectivity index (χ2v) is 6.91. The smallest absolute Gasteiger partial charge is 0.0902 e. The van der Waals surface area contributed by atoms with Crippen LogP contribution < -0.4 is 5.73 Å². The number of hydrogen-bond donors (Lipinski definition) is 1. The van der Waals surface area contributed by atoms with Crippen LogP contribution in [0.3, 0.4) is 0 Å². The summed E-state index contributed by atoms with van der Waals surface area (Å²) in [4.78, 5) is 10.1. The van der Waals surface area contributed by atoms with Crippen molar-refractivity contribution in [1.82, 2.24) is 14.8 Å². The van der Waals surface area contributed by atoms with Gasteiger partial charge in [0, 0.05) is 38.1 Å². The minimum Gasteiger partial charge on any atom is -0.392 e. The number of aromatic nitrogens is 1. The molecule has 2 heterocycles. The number of piperazine rings is 1. The van der Waals surface area contributed by atoms with Gasteiger partial charge in [-0.15, -0.1) is 11.3 Å². The van der Waals surface area contributed by atoms with Crippen LogP contribution in [0.1, 0.15) is 30.5 Å². The molecule has 20 heavy (non-hydrogen) atoms. The van der Waals surface area contributed by atoms with Crippen molar-refractivity contribution in [3.05, 3.63) is 16.1 Å². The highest BCUT2D eigenvalue weighted by atomic mass is 32.1. The lowest BCUT2D eigenvalue weighted by Gasteiger charge is -2.38. The van der Waals surface area contributed by atoms with Gasteiger partial charge in [0.05, 0.1) is 21.7 Å². The molecule has 1 fully saturated rings. The van der Waals surface area contributed by atoms with E-state index in [2.05, 4.69) is 34.0 Å². The number of hydrogen-bond acceptors (Lipinski definition) is 5. The molecule has 0 amide bonds. The number of thiocarbonyl (C=S) groups is 1. The average molecular weight is 313 g/mol. The van der Waals surface area contributed by atoms with E-state index in [0.29, 0.717) is 4.99 Å². The first-order chi connectivity index (χ1) is 9.60. The SMILES string of the molecule is CCCC(C(N)=S)N1CCN(Cc2csc(C)n2)CC1. The van der Waals surface area contributed by atoms with Crippen molar-refractivity contribution < 1.29 is 0 Å². The molecule has 0 aliphatic carbocycles. The van der Waals surface area contributed by atoms with Crippen LogP contribution in [-0.4, -0.2) is 52.0 Å². The van der Waals surface area contributed by atoms with Crippen molar-refractivity contribution >= 4 is 28.5 Å². The van der Waals surface area contributed by atoms with E-state index in [1.54, 1.807) is 11.3 Å². The summed E-state index contributed by atoms with van der Waals surface area (Å²) in [5.41, 5.74) is 7.08. The molecule has 0 radical (unpaired) electrons. The first-order valence-electron chi connectivity index (χ1n) is 7.27. The first kappa shape index (κ1) is 15.8. The van der Waals surface area contributed by atoms with Crippen molar-refractivity contribution in [2.45, 2.75) is 39.3 Å². The molecule has 1 aliphatic heterocycles. The van der Waals surface area contributed by atoms with Gasteiger partial charge in [0.25, 0.3) is 0 Å². The Hall–Kier alpha value is -0.560. The largest absolute Gasteiger partial charge is 0.392 e. The van der Waals surface area contributed by atoms with Crippen molar-refractivity contribution in [3.8, 4) is 0 Å². The number of thiazole rings is 1. The first-order valence-corrected chi connectivity index (χ1v) is 8.55. The molecule has 0 bridgehead atoms. The van der Waals surface area contributed by atoms with Crippen LogP contribution in [0, 0.1) is 6.92 Å². The molecular formula is C14H24N4S2. The summed E-state index contributed by atoms with van der Waals surface area (Å²) < 4.78 is 0. The molecule has 0 spiro atoms. The Morgan fingerprint density at radius 2 is 2.15 bits per heavy atom. The summed E-state index contributed by atoms with van der Waals surface area (Å²) in [6, 6.07) is 0.277. The molecule has 4 nitrogen and oxygen atoms in total. The van der Waals surface area contributed by atoms with Gasteiger partial charge in [-0.05, 0) is 13.3 Å². The predicted molar refractivity (Wildman–Crippen MR) is 89.2 cm³/mol. The van der Waals surface area contributed by atoms with Gasteiger partial charge in [-0.3, -0.25) is 9.80 Å². The number of aryl methyl sites for hydroxylation is 1. The highest BCUT2D eigenvalue weighted by molar-refractivity contribution is 7.80. The second kappa shape index (κ2) is 7.45. The molecule has 1 aliphatic rings. The third-order valence-electron chi connectivity index (χ3n) is 3.79. The fraction of sp³-hybridized carbons (Fsp3) is 0.714. The summed E-state index contributed by atoms with van der Waals surface area (Å²) in [7, 11) is 0. The zero-order chi connectivity index (χ0) is 14.5. The van der Waals surface area contributed by atoms with Crippen LogP contribution in [0.2, 0.25) is 0 Å². The third kappa shape index (κ3) is 4.22. The van der Waals surface area contributed by atoms with Gasteiger partial charge in [0.1, 0.15) is 0 Å². The second-order valence-electron chi connectivity index (χ2n) is 5.38. The van der Waals surface area contributed by atoms with E-state index >= 15 is 0 Å². The number of rotatable bonds is 6. The molecule has 2 rings (SSSR count). The quantitative estimate of drug-likeness (QED) is 0.814. The highest BCUT2D eigenvalue weighted by Crippen LogP contribution is 2.15. The Morgan fingerprint density at radius 1 is 1.45 bits per heavy atom. The normalized spacial score (nSPS) is 19.1. The highest BCUT2D eigenvalue weighted by Gasteiger charge is 2.25. The Bertz CT molecular complexity index is 438. The molecule has 0 aromatic carbocycles. The molecule has 1 saturated heterocycles. The van der Waals surface area contributed by atoms with E-state index in [1.165, 1.54) is 5.69 Å². The Kier molecular flexibility index (Phi) is 5.89. The molecule has 1 aromatic heterocycles. The Balaban J connectivity index is 1.83. The standard InChI is InChI=1S/C14H24N4S2/c1-3-4-13(14(15)19)18-7-5-17(6-8-18)9-12-10-20-11(2)16-12/h10,13H,3-9H2,1-2H3,(H2,15,19). The van der Waals surface area contributed by atoms with Gasteiger partial charge in [-0.25, -0.2) is 4.98 Å². The third-order valence-corrected chi connectivity index (χ3v) is 4.88. The molecular weight excluding hydrogens is 288 g/mol.